The van der Waals surface area contributed by atoms with Crippen LogP contribution in [0.1, 0.15) is 87.9 Å². The van der Waals surface area contributed by atoms with Crippen LogP contribution in [0.5, 0.6) is 0 Å². The fourth-order valence-corrected chi connectivity index (χ4v) is 8.59. The highest BCUT2D eigenvalue weighted by atomic mass is 16.3. The van der Waals surface area contributed by atoms with Gasteiger partial charge in [-0.25, -0.2) is 9.97 Å². The van der Waals surface area contributed by atoms with Gasteiger partial charge in [0.15, 0.2) is 11.6 Å². The topological polar surface area (TPSA) is 169 Å². The van der Waals surface area contributed by atoms with E-state index in [0.717, 1.165) is 80.4 Å². The van der Waals surface area contributed by atoms with Crippen molar-refractivity contribution in [2.45, 2.75) is 94.7 Å². The van der Waals surface area contributed by atoms with Gasteiger partial charge in [-0.2, -0.15) is 20.2 Å². The van der Waals surface area contributed by atoms with Crippen LogP contribution in [0.15, 0.2) is 36.7 Å². The largest absolute Gasteiger partial charge is 0.396 e. The number of anilines is 6. The SMILES string of the molecule is CC(O)C12CC(C1)N(c1nccc(Nc3cc(C4CC4)[nH]n3)n1)C2.Cn1nc(Nc2ccnc(N3CC4(CO)CCC3C4)n2)cc1C1CC1. The second-order valence-corrected chi connectivity index (χ2v) is 15.5. The molecule has 4 bridgehead atoms. The quantitative estimate of drug-likeness (QED) is 0.162. The summed E-state index contributed by atoms with van der Waals surface area (Å²) in [6.45, 7) is 3.85. The van der Waals surface area contributed by atoms with Crippen LogP contribution < -0.4 is 20.4 Å². The van der Waals surface area contributed by atoms with E-state index in [9.17, 15) is 10.2 Å². The van der Waals surface area contributed by atoms with Crippen molar-refractivity contribution in [3.05, 3.63) is 48.0 Å². The van der Waals surface area contributed by atoms with E-state index in [4.69, 9.17) is 4.98 Å². The Bertz CT molecular complexity index is 1830. The Kier molecular flexibility index (Phi) is 7.31. The minimum Gasteiger partial charge on any atom is -0.396 e. The smallest absolute Gasteiger partial charge is 0.227 e. The fraction of sp³-hybridized carbons (Fsp3) is 0.600. The average Bonchev–Trinajstić information content (AvgIpc) is 3.77. The molecule has 14 nitrogen and oxygen atoms in total. The van der Waals surface area contributed by atoms with Gasteiger partial charge in [0.2, 0.25) is 11.9 Å². The molecule has 3 atom stereocenters. The summed E-state index contributed by atoms with van der Waals surface area (Å²) in [7, 11) is 2.00. The molecule has 4 aromatic heterocycles. The van der Waals surface area contributed by atoms with Gasteiger partial charge in [-0.15, -0.1) is 0 Å². The van der Waals surface area contributed by atoms with Crippen molar-refractivity contribution in [1.29, 1.82) is 0 Å². The van der Waals surface area contributed by atoms with Crippen molar-refractivity contribution in [1.82, 2.24) is 39.9 Å². The molecule has 5 N–H and O–H groups in total. The Morgan fingerprint density at radius 1 is 0.857 bits per heavy atom. The highest BCUT2D eigenvalue weighted by molar-refractivity contribution is 5.56. The molecule has 7 aliphatic rings. The molecular weight excluding hydrogens is 620 g/mol. The first-order valence-corrected chi connectivity index (χ1v) is 17.9. The lowest BCUT2D eigenvalue weighted by molar-refractivity contribution is 0.0117. The summed E-state index contributed by atoms with van der Waals surface area (Å²) in [5.74, 6) is 5.98. The maximum absolute atomic E-state index is 10.0. The summed E-state index contributed by atoms with van der Waals surface area (Å²) in [5, 5.41) is 38.3. The number of H-pyrrole nitrogens is 1. The number of rotatable bonds is 10. The maximum atomic E-state index is 10.0. The molecule has 0 spiro atoms. The standard InChI is InChI=1S/C18H24N6O.C17H22N6O/c1-23-14(12-2-3-12)8-16(22-23)20-15-5-7-19-17(21-15)24-10-18(11-25)6-4-13(24)9-18;1-10(24)17-7-12(8-17)23(9-17)16-18-5-4-14(20-16)19-15-6-13(21-22-15)11-2-3-11/h5,7-8,12-13,25H,2-4,6,9-11H2,1H3,(H,19,20,21,22);4-6,10-12,24H,2-3,7-9H2,1H3,(H2,18,19,20,21,22). The minimum absolute atomic E-state index is 0.0405. The van der Waals surface area contributed by atoms with Gasteiger partial charge in [-0.1, -0.05) is 0 Å². The van der Waals surface area contributed by atoms with E-state index < -0.39 is 0 Å². The minimum atomic E-state index is -0.273. The highest BCUT2D eigenvalue weighted by Crippen LogP contribution is 2.54. The summed E-state index contributed by atoms with van der Waals surface area (Å²) in [5.41, 5.74) is 2.58. The van der Waals surface area contributed by atoms with Gasteiger partial charge in [0.25, 0.3) is 0 Å². The Balaban J connectivity index is 0.000000133. The van der Waals surface area contributed by atoms with E-state index in [0.29, 0.717) is 23.9 Å². The van der Waals surface area contributed by atoms with Crippen molar-refractivity contribution in [2.75, 3.05) is 40.1 Å². The second-order valence-electron chi connectivity index (χ2n) is 15.5. The molecule has 0 amide bonds. The third kappa shape index (κ3) is 5.78. The number of hydrogen-bond donors (Lipinski definition) is 5. The number of aromatic amines is 1. The summed E-state index contributed by atoms with van der Waals surface area (Å²) in [6, 6.07) is 8.85. The first-order chi connectivity index (χ1) is 23.8. The predicted molar refractivity (Wildman–Crippen MR) is 185 cm³/mol. The van der Waals surface area contributed by atoms with E-state index in [1.807, 2.05) is 30.8 Å². The van der Waals surface area contributed by atoms with Gasteiger partial charge in [-0.3, -0.25) is 9.78 Å². The zero-order chi connectivity index (χ0) is 33.3. The Morgan fingerprint density at radius 2 is 1.53 bits per heavy atom. The van der Waals surface area contributed by atoms with Gasteiger partial charge in [-0.05, 0) is 76.8 Å². The molecule has 3 unspecified atom stereocenters. The Hall–Kier alpha value is -4.30. The lowest BCUT2D eigenvalue weighted by atomic mass is 9.67. The van der Waals surface area contributed by atoms with E-state index >= 15 is 0 Å². The third-order valence-corrected chi connectivity index (χ3v) is 11.9. The molecule has 14 heteroatoms. The van der Waals surface area contributed by atoms with Crippen molar-refractivity contribution in [3.63, 3.8) is 0 Å². The molecule has 7 fully saturated rings. The lowest BCUT2D eigenvalue weighted by Gasteiger charge is -2.39. The Morgan fingerprint density at radius 3 is 2.14 bits per heavy atom. The van der Waals surface area contributed by atoms with E-state index in [1.54, 1.807) is 12.4 Å². The van der Waals surface area contributed by atoms with Crippen LogP contribution >= 0.6 is 0 Å². The molecule has 49 heavy (non-hydrogen) atoms. The summed E-state index contributed by atoms with van der Waals surface area (Å²) in [4.78, 5) is 22.8. The van der Waals surface area contributed by atoms with Crippen LogP contribution in [0, 0.1) is 10.8 Å². The molecule has 11 rings (SSSR count). The van der Waals surface area contributed by atoms with Crippen LogP contribution in [0.3, 0.4) is 0 Å². The van der Waals surface area contributed by atoms with Crippen LogP contribution in [0.25, 0.3) is 0 Å². The number of aliphatic hydroxyl groups is 2. The van der Waals surface area contributed by atoms with Gasteiger partial charge >= 0.3 is 0 Å². The van der Waals surface area contributed by atoms with Gasteiger partial charge in [0.1, 0.15) is 11.6 Å². The summed E-state index contributed by atoms with van der Waals surface area (Å²) in [6.07, 6.45) is 13.7. The molecule has 3 saturated heterocycles. The van der Waals surface area contributed by atoms with E-state index in [1.165, 1.54) is 37.1 Å². The molecule has 258 valence electrons. The lowest BCUT2D eigenvalue weighted by Crippen LogP contribution is -2.42. The molecule has 7 heterocycles. The fourth-order valence-electron chi connectivity index (χ4n) is 8.59. The molecular formula is C35H46N12O2. The van der Waals surface area contributed by atoms with Gasteiger partial charge in [0, 0.05) is 90.8 Å². The number of nitrogens with one attached hydrogen (secondary N) is 3. The third-order valence-electron chi connectivity index (χ3n) is 11.9. The van der Waals surface area contributed by atoms with Crippen LogP contribution in [-0.4, -0.2) is 88.0 Å². The number of aryl methyl sites for hydroxylation is 1. The van der Waals surface area contributed by atoms with Crippen molar-refractivity contribution in [3.8, 4) is 0 Å². The van der Waals surface area contributed by atoms with Crippen LogP contribution in [-0.2, 0) is 7.05 Å². The summed E-state index contributed by atoms with van der Waals surface area (Å²) < 4.78 is 1.96. The molecule has 4 saturated carbocycles. The number of aromatic nitrogens is 8. The van der Waals surface area contributed by atoms with Crippen molar-refractivity contribution in [2.24, 2.45) is 17.9 Å². The normalized spacial score (nSPS) is 28.7. The molecule has 0 radical (unpaired) electrons. The number of fused-ring (bicyclic) bond motifs is 3. The number of piperidine rings is 1. The maximum Gasteiger partial charge on any atom is 0.227 e. The van der Waals surface area contributed by atoms with Gasteiger partial charge in [0.05, 0.1) is 12.7 Å². The highest BCUT2D eigenvalue weighted by Gasteiger charge is 2.58. The second kappa shape index (κ2) is 11.7. The van der Waals surface area contributed by atoms with Crippen LogP contribution in [0.2, 0.25) is 0 Å². The summed E-state index contributed by atoms with van der Waals surface area (Å²) >= 11 is 0. The van der Waals surface area contributed by atoms with Crippen molar-refractivity contribution < 1.29 is 10.2 Å². The Labute approximate surface area is 285 Å². The zero-order valence-corrected chi connectivity index (χ0v) is 28.3. The first-order valence-electron chi connectivity index (χ1n) is 17.9. The van der Waals surface area contributed by atoms with E-state index in [2.05, 4.69) is 62.8 Å². The predicted octanol–water partition coefficient (Wildman–Crippen LogP) is 4.35. The van der Waals surface area contributed by atoms with E-state index in [-0.39, 0.29) is 23.5 Å². The first kappa shape index (κ1) is 30.7. The van der Waals surface area contributed by atoms with Crippen molar-refractivity contribution >= 4 is 35.2 Å². The number of aliphatic hydroxyl groups excluding tert-OH is 2. The molecule has 4 aromatic rings. The monoisotopic (exact) mass is 666 g/mol. The molecule has 4 aliphatic carbocycles. The molecule has 0 aromatic carbocycles. The van der Waals surface area contributed by atoms with Gasteiger partial charge < -0.3 is 30.6 Å². The molecule has 3 aliphatic heterocycles. The number of nitrogens with zero attached hydrogens (tertiary/aromatic N) is 9. The number of hydrogen-bond acceptors (Lipinski definition) is 12. The van der Waals surface area contributed by atoms with Crippen LogP contribution in [0.4, 0.5) is 35.2 Å². The zero-order valence-electron chi connectivity index (χ0n) is 28.3. The average molecular weight is 667 g/mol.